The fourth-order valence-corrected chi connectivity index (χ4v) is 3.38. The van der Waals surface area contributed by atoms with Crippen molar-refractivity contribution < 1.29 is 32.7 Å². The van der Waals surface area contributed by atoms with E-state index in [9.17, 15) is 0 Å². The normalized spacial score (nSPS) is 32.5. The van der Waals surface area contributed by atoms with Crippen LogP contribution in [-0.4, -0.2) is 47.9 Å². The molecule has 16 heteroatoms. The number of halogens is 6. The van der Waals surface area contributed by atoms with Crippen molar-refractivity contribution in [2.45, 2.75) is 32.3 Å². The van der Waals surface area contributed by atoms with E-state index in [0.29, 0.717) is 0 Å². The van der Waals surface area contributed by atoms with Gasteiger partial charge in [0, 0.05) is 0 Å². The van der Waals surface area contributed by atoms with E-state index in [1.54, 1.807) is 0 Å². The van der Waals surface area contributed by atoms with Gasteiger partial charge in [0.15, 0.2) is 0 Å². The van der Waals surface area contributed by atoms with E-state index >= 15 is 0 Å². The molecule has 0 atom stereocenters. The van der Waals surface area contributed by atoms with Crippen LogP contribution in [0.2, 0.25) is 0 Å². The van der Waals surface area contributed by atoms with Gasteiger partial charge in [-0.2, -0.15) is 0 Å². The number of rotatable bonds is 0. The molecule has 1 aliphatic rings. The van der Waals surface area contributed by atoms with Crippen LogP contribution in [0.15, 0.2) is 0 Å². The Morgan fingerprint density at radius 2 is 0.591 bits per heavy atom. The molecule has 1 saturated carbocycles. The van der Waals surface area contributed by atoms with Crippen LogP contribution in [0.4, 0.5) is 0 Å². The van der Waals surface area contributed by atoms with Crippen LogP contribution in [0.3, 0.4) is 0 Å². The third kappa shape index (κ3) is 13.1. The predicted molar refractivity (Wildman–Crippen MR) is 82.2 cm³/mol. The van der Waals surface area contributed by atoms with Crippen molar-refractivity contribution in [3.05, 3.63) is 30.6 Å². The molecule has 0 spiro atoms. The van der Waals surface area contributed by atoms with Crippen molar-refractivity contribution >= 4 is 69.6 Å². The quantitative estimate of drug-likeness (QED) is 0.220. The van der Waals surface area contributed by atoms with Gasteiger partial charge in [0.25, 0.3) is 0 Å². The molecule has 9 nitrogen and oxygen atoms in total. The molecule has 0 heterocycles. The molecule has 133 valence electrons. The first-order valence-electron chi connectivity index (χ1n) is 4.40. The summed E-state index contributed by atoms with van der Waals surface area (Å²) in [4.78, 5) is 16.5. The molecule has 0 amide bonds. The molecule has 1 aliphatic carbocycles. The standard InChI is InChI=1S/C6H6Cl6.Mn.2NO3.H2O/c7-1-2(8)4(10)6(12)5(11)3(1)9;;2*2-1(3)4;/h1-6H;;;;1H2/q;+2;2*-1;. The van der Waals surface area contributed by atoms with Crippen molar-refractivity contribution in [1.82, 2.24) is 0 Å². The van der Waals surface area contributed by atoms with E-state index in [1.165, 1.54) is 0 Å². The zero-order valence-corrected chi connectivity index (χ0v) is 15.7. The van der Waals surface area contributed by atoms with Crippen LogP contribution < -0.4 is 0 Å². The maximum atomic E-state index is 8.25. The van der Waals surface area contributed by atoms with Crippen LogP contribution in [-0.2, 0) is 17.1 Å². The SMILES string of the molecule is ClC1C(Cl)C(Cl)C(Cl)C(Cl)C1Cl.O.O=[N+]([O-])[O-].O=[N+]([O-])[O-].[Mn+2]. The summed E-state index contributed by atoms with van der Waals surface area (Å²) in [5.74, 6) is 0. The van der Waals surface area contributed by atoms with E-state index in [0.717, 1.165) is 0 Å². The monoisotopic (exact) mass is 485 g/mol. The van der Waals surface area contributed by atoms with E-state index in [4.69, 9.17) is 100 Å². The number of hydrogen-bond donors (Lipinski definition) is 0. The van der Waals surface area contributed by atoms with E-state index in [1.807, 2.05) is 0 Å². The maximum absolute atomic E-state index is 8.25. The van der Waals surface area contributed by atoms with Crippen molar-refractivity contribution in [3.8, 4) is 0 Å². The Kier molecular flexibility index (Phi) is 21.0. The van der Waals surface area contributed by atoms with Gasteiger partial charge in [0.05, 0.1) is 42.4 Å². The summed E-state index contributed by atoms with van der Waals surface area (Å²) in [6, 6.07) is 0. The molecule has 0 aromatic rings. The second kappa shape index (κ2) is 15.2. The van der Waals surface area contributed by atoms with Crippen LogP contribution >= 0.6 is 69.6 Å². The van der Waals surface area contributed by atoms with E-state index in [-0.39, 0.29) is 22.5 Å². The average Bonchev–Trinajstić information content (AvgIpc) is 2.30. The number of nitrogens with zero attached hydrogens (tertiary/aromatic N) is 2. The van der Waals surface area contributed by atoms with E-state index < -0.39 is 42.4 Å². The zero-order valence-electron chi connectivity index (χ0n) is 9.95. The molecule has 0 aromatic heterocycles. The number of alkyl halides is 6. The maximum Gasteiger partial charge on any atom is 2.00 e. The second-order valence-corrected chi connectivity index (χ2v) is 6.14. The first-order valence-corrected chi connectivity index (χ1v) is 7.02. The minimum Gasteiger partial charge on any atom is -0.412 e. The van der Waals surface area contributed by atoms with Crippen molar-refractivity contribution in [2.75, 3.05) is 0 Å². The van der Waals surface area contributed by atoms with Gasteiger partial charge in [-0.3, -0.25) is 0 Å². The molecule has 2 N–H and O–H groups in total. The second-order valence-electron chi connectivity index (χ2n) is 3.11. The van der Waals surface area contributed by atoms with Gasteiger partial charge in [-0.25, -0.2) is 0 Å². The summed E-state index contributed by atoms with van der Waals surface area (Å²) in [6.45, 7) is 0. The van der Waals surface area contributed by atoms with Gasteiger partial charge in [-0.05, 0) is 0 Å². The zero-order chi connectivity index (χ0) is 16.6. The molecule has 0 bridgehead atoms. The first kappa shape index (κ1) is 30.5. The minimum atomic E-state index is -1.75. The molecule has 1 fully saturated rings. The Bertz CT molecular complexity index is 253. The summed E-state index contributed by atoms with van der Waals surface area (Å²) in [5, 5.41) is 26.9. The fraction of sp³-hybridized carbons (Fsp3) is 1.00. The molecule has 0 saturated heterocycles. The number of hydrogen-bond acceptors (Lipinski definition) is 6. The van der Waals surface area contributed by atoms with Gasteiger partial charge < -0.3 is 36.1 Å². The van der Waals surface area contributed by atoms with Gasteiger partial charge in [-0.1, -0.05) is 0 Å². The molecule has 0 aromatic carbocycles. The summed E-state index contributed by atoms with van der Waals surface area (Å²) >= 11 is 35.3. The summed E-state index contributed by atoms with van der Waals surface area (Å²) in [7, 11) is 0. The minimum absolute atomic E-state index is 0. The van der Waals surface area contributed by atoms with Crippen LogP contribution in [0.5, 0.6) is 0 Å². The van der Waals surface area contributed by atoms with Crippen molar-refractivity contribution in [1.29, 1.82) is 0 Å². The van der Waals surface area contributed by atoms with Crippen LogP contribution in [0.1, 0.15) is 0 Å². The molecular formula is C6H8Cl6MnN2O7. The topological polar surface area (TPSA) is 164 Å². The van der Waals surface area contributed by atoms with Crippen molar-refractivity contribution in [2.24, 2.45) is 0 Å². The Morgan fingerprint density at radius 3 is 0.636 bits per heavy atom. The summed E-state index contributed by atoms with van der Waals surface area (Å²) < 4.78 is 0. The molecule has 0 aliphatic heterocycles. The van der Waals surface area contributed by atoms with Gasteiger partial charge in [-0.15, -0.1) is 69.6 Å². The van der Waals surface area contributed by atoms with Gasteiger partial charge in [0.1, 0.15) is 0 Å². The smallest absolute Gasteiger partial charge is 0.412 e. The van der Waals surface area contributed by atoms with Gasteiger partial charge >= 0.3 is 17.1 Å². The molecule has 1 radical (unpaired) electrons. The third-order valence-electron chi connectivity index (χ3n) is 1.83. The van der Waals surface area contributed by atoms with Crippen molar-refractivity contribution in [3.63, 3.8) is 0 Å². The Balaban J connectivity index is -0.000000138. The molecular weight excluding hydrogens is 480 g/mol. The molecule has 1 rings (SSSR count). The van der Waals surface area contributed by atoms with Gasteiger partial charge in [0.2, 0.25) is 0 Å². The first-order chi connectivity index (χ1) is 8.93. The summed E-state index contributed by atoms with van der Waals surface area (Å²) in [6.07, 6.45) is 0. The summed E-state index contributed by atoms with van der Waals surface area (Å²) in [5.41, 5.74) is 0. The third-order valence-corrected chi connectivity index (χ3v) is 5.86. The van der Waals surface area contributed by atoms with Crippen LogP contribution in [0.25, 0.3) is 0 Å². The molecule has 0 unspecified atom stereocenters. The molecule has 22 heavy (non-hydrogen) atoms. The fourth-order valence-electron chi connectivity index (χ4n) is 1.05. The Labute approximate surface area is 164 Å². The largest absolute Gasteiger partial charge is 2.00 e. The average molecular weight is 488 g/mol. The Morgan fingerprint density at radius 1 is 0.545 bits per heavy atom. The van der Waals surface area contributed by atoms with Crippen LogP contribution in [0, 0.1) is 30.6 Å². The van der Waals surface area contributed by atoms with E-state index in [2.05, 4.69) is 0 Å². The predicted octanol–water partition coefficient (Wildman–Crippen LogP) is 2.34. The Hall–Kier alpha value is 0.619.